The Balaban J connectivity index is 1.43. The van der Waals surface area contributed by atoms with E-state index in [1.165, 1.54) is 44.9 Å². The summed E-state index contributed by atoms with van der Waals surface area (Å²) in [6.45, 7) is 3.02. The molecular weight excluding hydrogens is 376 g/mol. The SMILES string of the molecule is CCCCCCCCCCOc1ccc(-c2nnc(-c3ccc(OC)cc3)o2)cc1. The van der Waals surface area contributed by atoms with Crippen molar-refractivity contribution < 1.29 is 13.9 Å². The number of unbranched alkanes of at least 4 members (excludes halogenated alkanes) is 7. The van der Waals surface area contributed by atoms with E-state index in [-0.39, 0.29) is 0 Å². The number of nitrogens with zero attached hydrogens (tertiary/aromatic N) is 2. The van der Waals surface area contributed by atoms with E-state index in [4.69, 9.17) is 13.9 Å². The molecule has 0 fully saturated rings. The average Bonchev–Trinajstić information content (AvgIpc) is 3.29. The molecule has 0 radical (unpaired) electrons. The van der Waals surface area contributed by atoms with Gasteiger partial charge in [0.15, 0.2) is 0 Å². The van der Waals surface area contributed by atoms with Crippen molar-refractivity contribution in [2.75, 3.05) is 13.7 Å². The summed E-state index contributed by atoms with van der Waals surface area (Å²) in [5.74, 6) is 2.65. The first-order valence-electron chi connectivity index (χ1n) is 11.0. The van der Waals surface area contributed by atoms with Crippen LogP contribution in [0.25, 0.3) is 22.9 Å². The average molecular weight is 409 g/mol. The fraction of sp³-hybridized carbons (Fsp3) is 0.440. The Kier molecular flexibility index (Phi) is 8.76. The molecule has 0 unspecified atom stereocenters. The maximum absolute atomic E-state index is 5.86. The van der Waals surface area contributed by atoms with Crippen molar-refractivity contribution in [3.8, 4) is 34.4 Å². The van der Waals surface area contributed by atoms with Crippen LogP contribution >= 0.6 is 0 Å². The van der Waals surface area contributed by atoms with Crippen LogP contribution in [-0.2, 0) is 0 Å². The van der Waals surface area contributed by atoms with Gasteiger partial charge in [-0.15, -0.1) is 10.2 Å². The van der Waals surface area contributed by atoms with E-state index in [9.17, 15) is 0 Å². The second-order valence-corrected chi connectivity index (χ2v) is 7.49. The fourth-order valence-electron chi connectivity index (χ4n) is 3.31. The monoisotopic (exact) mass is 408 g/mol. The van der Waals surface area contributed by atoms with E-state index in [0.29, 0.717) is 11.8 Å². The molecule has 0 spiro atoms. The van der Waals surface area contributed by atoms with Crippen molar-refractivity contribution in [1.29, 1.82) is 0 Å². The predicted molar refractivity (Wildman–Crippen MR) is 120 cm³/mol. The van der Waals surface area contributed by atoms with E-state index >= 15 is 0 Å². The highest BCUT2D eigenvalue weighted by atomic mass is 16.5. The van der Waals surface area contributed by atoms with Crippen LogP contribution in [0.4, 0.5) is 0 Å². The predicted octanol–water partition coefficient (Wildman–Crippen LogP) is 6.93. The first-order valence-corrected chi connectivity index (χ1v) is 11.0. The summed E-state index contributed by atoms with van der Waals surface area (Å²) in [4.78, 5) is 0. The molecular formula is C25H32N2O3. The molecule has 0 amide bonds. The first-order chi connectivity index (χ1) is 14.8. The highest BCUT2D eigenvalue weighted by molar-refractivity contribution is 5.59. The summed E-state index contributed by atoms with van der Waals surface area (Å²) in [7, 11) is 1.64. The molecule has 0 bridgehead atoms. The van der Waals surface area contributed by atoms with Gasteiger partial charge in [-0.05, 0) is 55.0 Å². The van der Waals surface area contributed by atoms with Crippen molar-refractivity contribution >= 4 is 0 Å². The summed E-state index contributed by atoms with van der Waals surface area (Å²) >= 11 is 0. The van der Waals surface area contributed by atoms with Gasteiger partial charge in [-0.25, -0.2) is 0 Å². The van der Waals surface area contributed by atoms with Gasteiger partial charge >= 0.3 is 0 Å². The summed E-state index contributed by atoms with van der Waals surface area (Å²) in [5.41, 5.74) is 1.74. The number of hydrogen-bond acceptors (Lipinski definition) is 5. The molecule has 2 aromatic carbocycles. The third-order valence-corrected chi connectivity index (χ3v) is 5.13. The second-order valence-electron chi connectivity index (χ2n) is 7.49. The molecule has 1 aromatic heterocycles. The molecule has 160 valence electrons. The molecule has 5 heteroatoms. The standard InChI is InChI=1S/C25H32N2O3/c1-3-4-5-6-7-8-9-10-19-29-23-17-13-21(14-18-23)25-27-26-24(30-25)20-11-15-22(28-2)16-12-20/h11-18H,3-10,19H2,1-2H3. The summed E-state index contributed by atoms with van der Waals surface area (Å²) in [5, 5.41) is 8.32. The molecule has 0 aliphatic rings. The van der Waals surface area contributed by atoms with Crippen molar-refractivity contribution in [3.05, 3.63) is 48.5 Å². The topological polar surface area (TPSA) is 57.4 Å². The van der Waals surface area contributed by atoms with Crippen molar-refractivity contribution in [1.82, 2.24) is 10.2 Å². The van der Waals surface area contributed by atoms with Gasteiger partial charge in [0, 0.05) is 11.1 Å². The third-order valence-electron chi connectivity index (χ3n) is 5.13. The van der Waals surface area contributed by atoms with Crippen molar-refractivity contribution in [2.45, 2.75) is 58.3 Å². The zero-order chi connectivity index (χ0) is 21.0. The quantitative estimate of drug-likeness (QED) is 0.287. The van der Waals surface area contributed by atoms with Gasteiger partial charge in [0.2, 0.25) is 11.8 Å². The van der Waals surface area contributed by atoms with Crippen LogP contribution < -0.4 is 9.47 Å². The van der Waals surface area contributed by atoms with E-state index in [1.54, 1.807) is 7.11 Å². The van der Waals surface area contributed by atoms with Crippen LogP contribution in [0.2, 0.25) is 0 Å². The lowest BCUT2D eigenvalue weighted by Gasteiger charge is -2.06. The molecule has 1 heterocycles. The molecule has 30 heavy (non-hydrogen) atoms. The van der Waals surface area contributed by atoms with Gasteiger partial charge in [-0.1, -0.05) is 51.9 Å². The minimum Gasteiger partial charge on any atom is -0.497 e. The molecule has 0 atom stereocenters. The van der Waals surface area contributed by atoms with Gasteiger partial charge < -0.3 is 13.9 Å². The van der Waals surface area contributed by atoms with E-state index in [1.807, 2.05) is 48.5 Å². The zero-order valence-electron chi connectivity index (χ0n) is 18.1. The second kappa shape index (κ2) is 12.0. The lowest BCUT2D eigenvalue weighted by Crippen LogP contribution is -1.97. The van der Waals surface area contributed by atoms with Crippen LogP contribution in [0.1, 0.15) is 58.3 Å². The van der Waals surface area contributed by atoms with Crippen LogP contribution in [0.15, 0.2) is 52.9 Å². The molecule has 0 N–H and O–H groups in total. The van der Waals surface area contributed by atoms with E-state index in [2.05, 4.69) is 17.1 Å². The molecule has 5 nitrogen and oxygen atoms in total. The summed E-state index contributed by atoms with van der Waals surface area (Å²) in [6, 6.07) is 15.4. The van der Waals surface area contributed by atoms with Crippen LogP contribution in [0.3, 0.4) is 0 Å². The number of hydrogen-bond donors (Lipinski definition) is 0. The number of rotatable bonds is 13. The van der Waals surface area contributed by atoms with Crippen LogP contribution in [0, 0.1) is 0 Å². The minimum atomic E-state index is 0.489. The normalized spacial score (nSPS) is 10.9. The molecule has 3 aromatic rings. The Morgan fingerprint density at radius 1 is 0.667 bits per heavy atom. The maximum atomic E-state index is 5.86. The summed E-state index contributed by atoms with van der Waals surface area (Å²) in [6.07, 6.45) is 10.4. The Hall–Kier alpha value is -2.82. The van der Waals surface area contributed by atoms with Crippen molar-refractivity contribution in [3.63, 3.8) is 0 Å². The van der Waals surface area contributed by atoms with E-state index < -0.39 is 0 Å². The third kappa shape index (κ3) is 6.61. The Morgan fingerprint density at radius 3 is 1.70 bits per heavy atom. The van der Waals surface area contributed by atoms with Crippen molar-refractivity contribution in [2.24, 2.45) is 0 Å². The fourth-order valence-corrected chi connectivity index (χ4v) is 3.31. The number of aromatic nitrogens is 2. The van der Waals surface area contributed by atoms with Gasteiger partial charge in [0.05, 0.1) is 13.7 Å². The van der Waals surface area contributed by atoms with Crippen LogP contribution in [-0.4, -0.2) is 23.9 Å². The van der Waals surface area contributed by atoms with Gasteiger partial charge in [0.25, 0.3) is 0 Å². The molecule has 0 saturated heterocycles. The first kappa shape index (κ1) is 21.9. The van der Waals surface area contributed by atoms with Gasteiger partial charge in [0.1, 0.15) is 11.5 Å². The maximum Gasteiger partial charge on any atom is 0.248 e. The van der Waals surface area contributed by atoms with Crippen LogP contribution in [0.5, 0.6) is 11.5 Å². The number of ether oxygens (including phenoxy) is 2. The lowest BCUT2D eigenvalue weighted by atomic mass is 10.1. The van der Waals surface area contributed by atoms with Gasteiger partial charge in [-0.3, -0.25) is 0 Å². The Morgan fingerprint density at radius 2 is 1.17 bits per heavy atom. The molecule has 3 rings (SSSR count). The highest BCUT2D eigenvalue weighted by Crippen LogP contribution is 2.26. The molecule has 0 aliphatic heterocycles. The Bertz CT molecular complexity index is 857. The molecule has 0 saturated carbocycles. The van der Waals surface area contributed by atoms with Gasteiger partial charge in [-0.2, -0.15) is 0 Å². The smallest absolute Gasteiger partial charge is 0.248 e. The molecule has 0 aliphatic carbocycles. The Labute approximate surface area is 179 Å². The number of methoxy groups -OCH3 is 1. The lowest BCUT2D eigenvalue weighted by molar-refractivity contribution is 0.304. The van der Waals surface area contributed by atoms with E-state index in [0.717, 1.165) is 35.7 Å². The minimum absolute atomic E-state index is 0.489. The highest BCUT2D eigenvalue weighted by Gasteiger charge is 2.10. The largest absolute Gasteiger partial charge is 0.497 e. The zero-order valence-corrected chi connectivity index (χ0v) is 18.1. The number of benzene rings is 2. The summed E-state index contributed by atoms with van der Waals surface area (Å²) < 4.78 is 16.9.